The Morgan fingerprint density at radius 3 is 1.57 bits per heavy atom. The molecule has 0 saturated carbocycles. The number of hydrogen-bond acceptors (Lipinski definition) is 10. The quantitative estimate of drug-likeness (QED) is 0.127. The highest BCUT2D eigenvalue weighted by Gasteiger charge is 2.38. The van der Waals surface area contributed by atoms with Gasteiger partial charge in [0, 0.05) is 37.4 Å². The van der Waals surface area contributed by atoms with Gasteiger partial charge < -0.3 is 19.7 Å². The number of carbonyl (C=O) groups is 2. The van der Waals surface area contributed by atoms with E-state index in [1.54, 1.807) is 49.6 Å². The van der Waals surface area contributed by atoms with Crippen molar-refractivity contribution in [2.45, 2.75) is 38.5 Å². The van der Waals surface area contributed by atoms with E-state index in [1.165, 1.54) is 0 Å². The lowest BCUT2D eigenvalue weighted by molar-refractivity contribution is -0.162. The molecule has 2 aromatic rings. The van der Waals surface area contributed by atoms with Crippen LogP contribution in [-0.2, 0) is 19.1 Å². The molecular weight excluding hydrogens is 684 g/mol. The predicted molar refractivity (Wildman–Crippen MR) is 170 cm³/mol. The molecule has 0 aliphatic heterocycles. The highest BCUT2D eigenvalue weighted by Crippen LogP contribution is 2.32. The Bertz CT molecular complexity index is 964. The molecule has 0 fully saturated rings. The highest BCUT2D eigenvalue weighted by molar-refractivity contribution is 9.10. The number of esters is 2. The van der Waals surface area contributed by atoms with Crippen LogP contribution >= 0.6 is 55.4 Å². The predicted octanol–water partition coefficient (Wildman–Crippen LogP) is 5.70. The third-order valence-corrected chi connectivity index (χ3v) is 8.37. The van der Waals surface area contributed by atoms with Gasteiger partial charge >= 0.3 is 11.9 Å². The van der Waals surface area contributed by atoms with Gasteiger partial charge in [-0.15, -0.1) is 0 Å². The minimum atomic E-state index is -0.968. The van der Waals surface area contributed by atoms with Crippen molar-refractivity contribution in [1.82, 2.24) is 9.97 Å². The normalized spacial score (nSPS) is 12.4. The van der Waals surface area contributed by atoms with Gasteiger partial charge in [-0.3, -0.25) is 9.59 Å². The van der Waals surface area contributed by atoms with Gasteiger partial charge in [-0.2, -0.15) is 23.5 Å². The summed E-state index contributed by atoms with van der Waals surface area (Å²) in [5.74, 6) is -0.484. The zero-order chi connectivity index (χ0) is 29.9. The van der Waals surface area contributed by atoms with Crippen molar-refractivity contribution in [2.75, 3.05) is 50.4 Å². The first-order valence-electron chi connectivity index (χ1n) is 13.0. The topological polar surface area (TPSA) is 119 Å². The number of carbonyl (C=O) groups excluding carboxylic acids is 2. The molecular formula is C28H40Br2N2O6S2. The van der Waals surface area contributed by atoms with E-state index in [-0.39, 0.29) is 44.2 Å². The maximum atomic E-state index is 12.3. The van der Waals surface area contributed by atoms with Crippen molar-refractivity contribution in [1.29, 1.82) is 0 Å². The summed E-state index contributed by atoms with van der Waals surface area (Å²) in [6, 6.07) is 7.57. The fourth-order valence-electron chi connectivity index (χ4n) is 4.10. The Hall–Kier alpha value is -1.18. The van der Waals surface area contributed by atoms with E-state index in [2.05, 4.69) is 48.1 Å². The van der Waals surface area contributed by atoms with E-state index in [0.717, 1.165) is 33.7 Å². The van der Waals surface area contributed by atoms with Crippen molar-refractivity contribution in [2.24, 2.45) is 11.8 Å². The number of hydrogen-bond donors (Lipinski definition) is 2. The first-order chi connectivity index (χ1) is 19.3. The lowest BCUT2D eigenvalue weighted by Crippen LogP contribution is -2.34. The lowest BCUT2D eigenvalue weighted by Gasteiger charge is -2.24. The smallest absolute Gasteiger partial charge is 0.320 e. The molecule has 0 radical (unpaired) electrons. The molecule has 0 aliphatic rings. The second-order valence-electron chi connectivity index (χ2n) is 8.71. The molecule has 224 valence electrons. The Morgan fingerprint density at radius 1 is 0.800 bits per heavy atom. The minimum Gasteiger partial charge on any atom is -0.465 e. The van der Waals surface area contributed by atoms with Crippen LogP contribution in [0.3, 0.4) is 0 Å². The second-order valence-corrected chi connectivity index (χ2v) is 12.3. The largest absolute Gasteiger partial charge is 0.465 e. The summed E-state index contributed by atoms with van der Waals surface area (Å²) in [6.45, 7) is 3.90. The van der Waals surface area contributed by atoms with Gasteiger partial charge in [0.2, 0.25) is 0 Å². The van der Waals surface area contributed by atoms with Crippen LogP contribution in [0.1, 0.15) is 49.7 Å². The van der Waals surface area contributed by atoms with Crippen LogP contribution in [0, 0.1) is 11.8 Å². The van der Waals surface area contributed by atoms with Crippen molar-refractivity contribution in [3.05, 3.63) is 57.0 Å². The van der Waals surface area contributed by atoms with Crippen LogP contribution < -0.4 is 0 Å². The van der Waals surface area contributed by atoms with Crippen LogP contribution in [0.4, 0.5) is 0 Å². The summed E-state index contributed by atoms with van der Waals surface area (Å²) in [4.78, 5) is 33.1. The number of rotatable bonds is 16. The van der Waals surface area contributed by atoms with Gasteiger partial charge in [0.1, 0.15) is 9.21 Å². The molecule has 12 heteroatoms. The van der Waals surface area contributed by atoms with Crippen molar-refractivity contribution >= 4 is 67.3 Å². The molecule has 2 heterocycles. The van der Waals surface area contributed by atoms with Crippen molar-refractivity contribution in [3.63, 3.8) is 0 Å². The number of halogens is 2. The fourth-order valence-corrected chi connectivity index (χ4v) is 5.55. The molecule has 0 aliphatic carbocycles. The zero-order valence-corrected chi connectivity index (χ0v) is 28.2. The summed E-state index contributed by atoms with van der Waals surface area (Å²) >= 11 is 10.0. The molecule has 0 saturated heterocycles. The van der Waals surface area contributed by atoms with E-state index in [9.17, 15) is 19.8 Å². The third-order valence-electron chi connectivity index (χ3n) is 6.14. The van der Waals surface area contributed by atoms with Gasteiger partial charge in [-0.25, -0.2) is 9.97 Å². The molecule has 0 bridgehead atoms. The van der Waals surface area contributed by atoms with E-state index >= 15 is 0 Å². The van der Waals surface area contributed by atoms with Crippen LogP contribution in [0.2, 0.25) is 0 Å². The number of aliphatic hydroxyl groups excluding tert-OH is 2. The van der Waals surface area contributed by atoms with Crippen molar-refractivity contribution in [3.8, 4) is 0 Å². The molecule has 0 amide bonds. The van der Waals surface area contributed by atoms with E-state index in [1.807, 2.05) is 30.7 Å². The average Bonchev–Trinajstić information content (AvgIpc) is 2.95. The van der Waals surface area contributed by atoms with E-state index < -0.39 is 17.9 Å². The molecule has 0 spiro atoms. The maximum absolute atomic E-state index is 12.3. The van der Waals surface area contributed by atoms with Gasteiger partial charge in [0.05, 0.1) is 13.2 Å². The Morgan fingerprint density at radius 2 is 1.23 bits per heavy atom. The number of nitrogens with zero attached hydrogens (tertiary/aromatic N) is 2. The zero-order valence-electron chi connectivity index (χ0n) is 23.4. The Labute approximate surface area is 263 Å². The third kappa shape index (κ3) is 12.8. The minimum absolute atomic E-state index is 0.00557. The number of aliphatic hydroxyl groups is 2. The Balaban J connectivity index is 0.000000418. The first kappa shape index (κ1) is 36.8. The van der Waals surface area contributed by atoms with Gasteiger partial charge in [-0.05, 0) is 112 Å². The number of pyridine rings is 2. The summed E-state index contributed by atoms with van der Waals surface area (Å²) in [5.41, 5.74) is 1.91. The number of aromatic nitrogens is 2. The van der Waals surface area contributed by atoms with E-state index in [0.29, 0.717) is 11.0 Å². The second kappa shape index (κ2) is 21.5. The maximum Gasteiger partial charge on any atom is 0.320 e. The molecule has 2 aromatic heterocycles. The number of ether oxygens (including phenoxy) is 2. The van der Waals surface area contributed by atoms with Gasteiger partial charge in [0.15, 0.2) is 5.92 Å². The standard InChI is InChI=1S/C16H22BrNO4S.C12H18BrNO2S/c1-4-21-15(19)14(16(20)22-5-2)12(8-9-23-3)11-6-7-13(17)18-10-11;1-17-5-4-11(10(7-15)8-16)9-2-3-12(13)14-6-9/h6-7,10,12,14H,4-5,8-9H2,1-3H3;2-3,6,10-11,15-16H,4-5,7-8H2,1H3. The first-order valence-corrected chi connectivity index (χ1v) is 17.4. The van der Waals surface area contributed by atoms with Crippen LogP contribution in [-0.4, -0.2) is 82.6 Å². The Kier molecular flexibility index (Phi) is 19.8. The van der Waals surface area contributed by atoms with E-state index in [4.69, 9.17) is 9.47 Å². The summed E-state index contributed by atoms with van der Waals surface area (Å²) < 4.78 is 11.7. The van der Waals surface area contributed by atoms with Gasteiger partial charge in [0.25, 0.3) is 0 Å². The van der Waals surface area contributed by atoms with Crippen LogP contribution in [0.5, 0.6) is 0 Å². The summed E-state index contributed by atoms with van der Waals surface area (Å²) in [6.07, 6.45) is 9.14. The monoisotopic (exact) mass is 722 g/mol. The molecule has 2 unspecified atom stereocenters. The summed E-state index contributed by atoms with van der Waals surface area (Å²) in [5, 5.41) is 18.6. The van der Waals surface area contributed by atoms with Crippen molar-refractivity contribution < 1.29 is 29.3 Å². The molecule has 40 heavy (non-hydrogen) atoms. The summed E-state index contributed by atoms with van der Waals surface area (Å²) in [7, 11) is 0. The highest BCUT2D eigenvalue weighted by atomic mass is 79.9. The molecule has 8 nitrogen and oxygen atoms in total. The molecule has 2 N–H and O–H groups in total. The molecule has 0 aromatic carbocycles. The number of thioether (sulfide) groups is 2. The molecule has 2 atom stereocenters. The van der Waals surface area contributed by atoms with Crippen LogP contribution in [0.25, 0.3) is 0 Å². The lowest BCUT2D eigenvalue weighted by atomic mass is 9.84. The fraction of sp³-hybridized carbons (Fsp3) is 0.571. The molecule has 2 rings (SSSR count). The van der Waals surface area contributed by atoms with Gasteiger partial charge in [-0.1, -0.05) is 12.1 Å². The van der Waals surface area contributed by atoms with Crippen LogP contribution in [0.15, 0.2) is 45.9 Å². The SMILES string of the molecule is CCOC(=O)C(C(=O)OCC)C(CCSC)c1ccc(Br)nc1.CSCCC(c1ccc(Br)nc1)C(CO)CO. The average molecular weight is 725 g/mol.